The summed E-state index contributed by atoms with van der Waals surface area (Å²) >= 11 is 0. The van der Waals surface area contributed by atoms with Gasteiger partial charge in [0.05, 0.1) is 6.42 Å². The Bertz CT molecular complexity index is 319. The second-order valence-electron chi connectivity index (χ2n) is 6.55. The fourth-order valence-electron chi connectivity index (χ4n) is 3.29. The van der Waals surface area contributed by atoms with Crippen LogP contribution in [0.1, 0.15) is 65.7 Å². The van der Waals surface area contributed by atoms with E-state index in [4.69, 9.17) is 5.11 Å². The Morgan fingerprint density at radius 3 is 2.21 bits per heavy atom. The average Bonchev–Trinajstić information content (AvgIpc) is 2.62. The van der Waals surface area contributed by atoms with Crippen LogP contribution in [0.2, 0.25) is 0 Å². The molecule has 110 valence electrons. The lowest BCUT2D eigenvalue weighted by Gasteiger charge is -2.27. The molecule has 1 saturated carbocycles. The lowest BCUT2D eigenvalue weighted by Crippen LogP contribution is -2.37. The molecule has 1 unspecified atom stereocenters. The Labute approximate surface area is 116 Å². The van der Waals surface area contributed by atoms with Crippen molar-refractivity contribution in [2.75, 3.05) is 0 Å². The standard InChI is InChI=1S/C15H27NO3/c1-11(2)8-12(3)16-13(17)9-15(10-14(18)19)6-4-5-7-15/h11-12H,4-10H2,1-3H3,(H,16,17)(H,18,19). The van der Waals surface area contributed by atoms with Crippen molar-refractivity contribution in [3.8, 4) is 0 Å². The van der Waals surface area contributed by atoms with Gasteiger partial charge in [-0.1, -0.05) is 26.7 Å². The van der Waals surface area contributed by atoms with E-state index in [1.165, 1.54) is 0 Å². The number of nitrogens with one attached hydrogen (secondary N) is 1. The van der Waals surface area contributed by atoms with Gasteiger partial charge in [0, 0.05) is 12.5 Å². The maximum Gasteiger partial charge on any atom is 0.303 e. The van der Waals surface area contributed by atoms with Crippen LogP contribution in [0.25, 0.3) is 0 Å². The van der Waals surface area contributed by atoms with Crippen LogP contribution in [0, 0.1) is 11.3 Å². The zero-order valence-corrected chi connectivity index (χ0v) is 12.4. The van der Waals surface area contributed by atoms with E-state index in [-0.39, 0.29) is 23.8 Å². The van der Waals surface area contributed by atoms with E-state index >= 15 is 0 Å². The molecule has 0 spiro atoms. The average molecular weight is 269 g/mol. The van der Waals surface area contributed by atoms with Crippen LogP contribution in [-0.2, 0) is 9.59 Å². The van der Waals surface area contributed by atoms with Crippen molar-refractivity contribution in [2.45, 2.75) is 71.8 Å². The SMILES string of the molecule is CC(C)CC(C)NC(=O)CC1(CC(=O)O)CCCC1. The van der Waals surface area contributed by atoms with Crippen molar-refractivity contribution in [3.05, 3.63) is 0 Å². The van der Waals surface area contributed by atoms with Crippen molar-refractivity contribution in [2.24, 2.45) is 11.3 Å². The van der Waals surface area contributed by atoms with Crippen LogP contribution in [0.5, 0.6) is 0 Å². The molecular weight excluding hydrogens is 242 g/mol. The summed E-state index contributed by atoms with van der Waals surface area (Å²) in [5.74, 6) is -0.226. The molecule has 4 heteroatoms. The van der Waals surface area contributed by atoms with Gasteiger partial charge in [-0.15, -0.1) is 0 Å². The smallest absolute Gasteiger partial charge is 0.303 e. The maximum absolute atomic E-state index is 12.1. The summed E-state index contributed by atoms with van der Waals surface area (Å²) in [6.45, 7) is 6.27. The fourth-order valence-corrected chi connectivity index (χ4v) is 3.29. The van der Waals surface area contributed by atoms with Crippen molar-refractivity contribution >= 4 is 11.9 Å². The fraction of sp³-hybridized carbons (Fsp3) is 0.867. The lowest BCUT2D eigenvalue weighted by molar-refractivity contribution is -0.140. The molecule has 1 rings (SSSR count). The molecule has 1 amide bonds. The highest BCUT2D eigenvalue weighted by Gasteiger charge is 2.38. The maximum atomic E-state index is 12.1. The largest absolute Gasteiger partial charge is 0.481 e. The minimum absolute atomic E-state index is 0.0105. The molecule has 1 fully saturated rings. The van der Waals surface area contributed by atoms with Gasteiger partial charge in [-0.25, -0.2) is 0 Å². The Balaban J connectivity index is 2.50. The molecule has 0 aliphatic heterocycles. The first kappa shape index (κ1) is 16.0. The van der Waals surface area contributed by atoms with Crippen molar-refractivity contribution in [1.82, 2.24) is 5.32 Å². The van der Waals surface area contributed by atoms with E-state index in [1.54, 1.807) is 0 Å². The third-order valence-electron chi connectivity index (χ3n) is 3.96. The van der Waals surface area contributed by atoms with E-state index in [9.17, 15) is 9.59 Å². The summed E-state index contributed by atoms with van der Waals surface area (Å²) in [6, 6.07) is 0.163. The number of rotatable bonds is 7. The second-order valence-corrected chi connectivity index (χ2v) is 6.55. The van der Waals surface area contributed by atoms with E-state index in [0.29, 0.717) is 12.3 Å². The third-order valence-corrected chi connectivity index (χ3v) is 3.96. The lowest BCUT2D eigenvalue weighted by atomic mass is 9.79. The topological polar surface area (TPSA) is 66.4 Å². The molecule has 0 aromatic heterocycles. The van der Waals surface area contributed by atoms with E-state index in [2.05, 4.69) is 19.2 Å². The highest BCUT2D eigenvalue weighted by Crippen LogP contribution is 2.44. The van der Waals surface area contributed by atoms with Crippen molar-refractivity contribution in [1.29, 1.82) is 0 Å². The first-order valence-electron chi connectivity index (χ1n) is 7.34. The number of carbonyl (C=O) groups is 2. The van der Waals surface area contributed by atoms with Crippen LogP contribution in [0.3, 0.4) is 0 Å². The van der Waals surface area contributed by atoms with E-state index in [1.807, 2.05) is 6.92 Å². The zero-order valence-electron chi connectivity index (χ0n) is 12.4. The molecule has 2 N–H and O–H groups in total. The quantitative estimate of drug-likeness (QED) is 0.746. The predicted octanol–water partition coefficient (Wildman–Crippen LogP) is 2.96. The van der Waals surface area contributed by atoms with Gasteiger partial charge in [-0.05, 0) is 37.5 Å². The molecule has 0 heterocycles. The van der Waals surface area contributed by atoms with E-state index in [0.717, 1.165) is 32.1 Å². The molecule has 19 heavy (non-hydrogen) atoms. The number of amides is 1. The van der Waals surface area contributed by atoms with Crippen LogP contribution < -0.4 is 5.32 Å². The molecule has 1 aliphatic carbocycles. The monoisotopic (exact) mass is 269 g/mol. The summed E-state index contributed by atoms with van der Waals surface area (Å²) in [7, 11) is 0. The Morgan fingerprint density at radius 1 is 1.16 bits per heavy atom. The molecule has 0 radical (unpaired) electrons. The predicted molar refractivity (Wildman–Crippen MR) is 74.8 cm³/mol. The van der Waals surface area contributed by atoms with Gasteiger partial charge in [0.15, 0.2) is 0 Å². The van der Waals surface area contributed by atoms with E-state index < -0.39 is 5.97 Å². The molecule has 1 atom stereocenters. The van der Waals surface area contributed by atoms with Crippen LogP contribution in [-0.4, -0.2) is 23.0 Å². The number of carboxylic acids is 1. The summed E-state index contributed by atoms with van der Waals surface area (Å²) < 4.78 is 0. The summed E-state index contributed by atoms with van der Waals surface area (Å²) in [6.07, 6.45) is 5.26. The Morgan fingerprint density at radius 2 is 1.74 bits per heavy atom. The number of hydrogen-bond acceptors (Lipinski definition) is 2. The Kier molecular flexibility index (Phi) is 5.83. The minimum Gasteiger partial charge on any atom is -0.481 e. The van der Waals surface area contributed by atoms with Gasteiger partial charge in [0.2, 0.25) is 5.91 Å². The third kappa shape index (κ3) is 5.62. The molecule has 4 nitrogen and oxygen atoms in total. The molecule has 0 saturated heterocycles. The van der Waals surface area contributed by atoms with Crippen molar-refractivity contribution in [3.63, 3.8) is 0 Å². The Hall–Kier alpha value is -1.06. The molecular formula is C15H27NO3. The van der Waals surface area contributed by atoms with Crippen molar-refractivity contribution < 1.29 is 14.7 Å². The molecule has 0 aromatic carbocycles. The molecule has 0 aromatic rings. The second kappa shape index (κ2) is 6.92. The number of aliphatic carboxylic acids is 1. The van der Waals surface area contributed by atoms with Gasteiger partial charge in [-0.2, -0.15) is 0 Å². The highest BCUT2D eigenvalue weighted by atomic mass is 16.4. The summed E-state index contributed by atoms with van der Waals surface area (Å²) in [4.78, 5) is 23.1. The minimum atomic E-state index is -0.787. The highest BCUT2D eigenvalue weighted by molar-refractivity contribution is 5.78. The van der Waals surface area contributed by atoms with Crippen LogP contribution in [0.15, 0.2) is 0 Å². The van der Waals surface area contributed by atoms with Gasteiger partial charge in [-0.3, -0.25) is 9.59 Å². The van der Waals surface area contributed by atoms with Gasteiger partial charge in [0.25, 0.3) is 0 Å². The normalized spacial score (nSPS) is 19.4. The number of carboxylic acid groups (broad SMARTS) is 1. The first-order valence-corrected chi connectivity index (χ1v) is 7.34. The zero-order chi connectivity index (χ0) is 14.5. The summed E-state index contributed by atoms with van der Waals surface area (Å²) in [5.41, 5.74) is -0.298. The van der Waals surface area contributed by atoms with Gasteiger partial charge >= 0.3 is 5.97 Å². The van der Waals surface area contributed by atoms with Gasteiger partial charge in [0.1, 0.15) is 0 Å². The van der Waals surface area contributed by atoms with Crippen LogP contribution in [0.4, 0.5) is 0 Å². The first-order chi connectivity index (χ1) is 8.83. The number of hydrogen-bond donors (Lipinski definition) is 2. The molecule has 0 bridgehead atoms. The molecule has 1 aliphatic rings. The number of carbonyl (C=O) groups excluding carboxylic acids is 1. The van der Waals surface area contributed by atoms with Crippen LogP contribution >= 0.6 is 0 Å². The van der Waals surface area contributed by atoms with Gasteiger partial charge < -0.3 is 10.4 Å². The summed E-state index contributed by atoms with van der Waals surface area (Å²) in [5, 5.41) is 12.0.